The average molecular weight is 475 g/mol. The summed E-state index contributed by atoms with van der Waals surface area (Å²) in [6, 6.07) is 22.8. The number of benzene rings is 3. The zero-order valence-corrected chi connectivity index (χ0v) is 19.2. The fourth-order valence-electron chi connectivity index (χ4n) is 3.57. The van der Waals surface area contributed by atoms with Crippen LogP contribution in [-0.4, -0.2) is 29.7 Å². The summed E-state index contributed by atoms with van der Waals surface area (Å²) in [5.41, 5.74) is 1.55. The number of nitrogens with zero attached hydrogens (tertiary/aromatic N) is 1. The SMILES string of the molecule is CO/C(=C\c1ccccc1)C(NC(=O)COc1ccccc1)c1cc(Cl)c2cccnc2c1O. The van der Waals surface area contributed by atoms with Gasteiger partial charge in [-0.2, -0.15) is 0 Å². The van der Waals surface area contributed by atoms with Crippen molar-refractivity contribution in [2.24, 2.45) is 0 Å². The molecule has 0 aliphatic heterocycles. The number of para-hydroxylation sites is 1. The van der Waals surface area contributed by atoms with Crippen molar-refractivity contribution in [3.8, 4) is 11.5 Å². The first-order valence-corrected chi connectivity index (χ1v) is 11.0. The fraction of sp³-hybridized carbons (Fsp3) is 0.111. The van der Waals surface area contributed by atoms with E-state index >= 15 is 0 Å². The van der Waals surface area contributed by atoms with Crippen LogP contribution in [0.2, 0.25) is 5.02 Å². The third-order valence-electron chi connectivity index (χ3n) is 5.20. The minimum absolute atomic E-state index is 0.0923. The number of pyridine rings is 1. The minimum Gasteiger partial charge on any atom is -0.505 e. The van der Waals surface area contributed by atoms with Gasteiger partial charge in [0.2, 0.25) is 0 Å². The van der Waals surface area contributed by atoms with Crippen molar-refractivity contribution in [2.75, 3.05) is 13.7 Å². The van der Waals surface area contributed by atoms with Crippen molar-refractivity contribution in [1.29, 1.82) is 0 Å². The Labute approximate surface area is 202 Å². The lowest BCUT2D eigenvalue weighted by Crippen LogP contribution is -2.34. The molecule has 172 valence electrons. The van der Waals surface area contributed by atoms with E-state index in [1.165, 1.54) is 7.11 Å². The van der Waals surface area contributed by atoms with Crippen LogP contribution in [0.5, 0.6) is 11.5 Å². The maximum atomic E-state index is 12.9. The molecule has 1 atom stereocenters. The minimum atomic E-state index is -0.846. The highest BCUT2D eigenvalue weighted by Crippen LogP contribution is 2.39. The van der Waals surface area contributed by atoms with E-state index < -0.39 is 11.9 Å². The number of halogens is 1. The Kier molecular flexibility index (Phi) is 7.30. The molecule has 34 heavy (non-hydrogen) atoms. The number of ether oxygens (including phenoxy) is 2. The van der Waals surface area contributed by atoms with E-state index in [2.05, 4.69) is 10.3 Å². The lowest BCUT2D eigenvalue weighted by molar-refractivity contribution is -0.123. The number of fused-ring (bicyclic) bond motifs is 1. The lowest BCUT2D eigenvalue weighted by Gasteiger charge is -2.23. The Bertz CT molecular complexity index is 1310. The van der Waals surface area contributed by atoms with Gasteiger partial charge >= 0.3 is 0 Å². The van der Waals surface area contributed by atoms with Gasteiger partial charge in [0.25, 0.3) is 5.91 Å². The maximum Gasteiger partial charge on any atom is 0.258 e. The van der Waals surface area contributed by atoms with Gasteiger partial charge in [0.15, 0.2) is 6.61 Å². The number of phenolic OH excluding ortho intramolecular Hbond substituents is 1. The first kappa shape index (κ1) is 23.1. The number of hydrogen-bond acceptors (Lipinski definition) is 5. The summed E-state index contributed by atoms with van der Waals surface area (Å²) >= 11 is 6.52. The monoisotopic (exact) mass is 474 g/mol. The second-order valence-corrected chi connectivity index (χ2v) is 7.87. The summed E-state index contributed by atoms with van der Waals surface area (Å²) in [7, 11) is 1.51. The fourth-order valence-corrected chi connectivity index (χ4v) is 3.84. The van der Waals surface area contributed by atoms with Crippen LogP contribution in [0, 0.1) is 0 Å². The molecule has 4 aromatic rings. The number of aromatic nitrogens is 1. The molecule has 0 spiro atoms. The summed E-state index contributed by atoms with van der Waals surface area (Å²) < 4.78 is 11.3. The highest BCUT2D eigenvalue weighted by molar-refractivity contribution is 6.35. The molecule has 0 saturated heterocycles. The maximum absolute atomic E-state index is 12.9. The molecule has 0 aliphatic rings. The molecule has 2 N–H and O–H groups in total. The van der Waals surface area contributed by atoms with Crippen molar-refractivity contribution in [1.82, 2.24) is 10.3 Å². The predicted octanol–water partition coefficient (Wildman–Crippen LogP) is 5.52. The molecule has 7 heteroatoms. The second kappa shape index (κ2) is 10.7. The molecule has 1 unspecified atom stereocenters. The first-order chi connectivity index (χ1) is 16.6. The summed E-state index contributed by atoms with van der Waals surface area (Å²) in [4.78, 5) is 17.2. The lowest BCUT2D eigenvalue weighted by atomic mass is 9.99. The Hall–Kier alpha value is -4.03. The van der Waals surface area contributed by atoms with E-state index in [-0.39, 0.29) is 12.4 Å². The number of rotatable bonds is 8. The van der Waals surface area contributed by atoms with Gasteiger partial charge in [-0.25, -0.2) is 0 Å². The van der Waals surface area contributed by atoms with Crippen molar-refractivity contribution in [2.45, 2.75) is 6.04 Å². The van der Waals surface area contributed by atoms with Crippen LogP contribution >= 0.6 is 11.6 Å². The predicted molar refractivity (Wildman–Crippen MR) is 133 cm³/mol. The molecule has 1 aromatic heterocycles. The van der Waals surface area contributed by atoms with Gasteiger partial charge in [0, 0.05) is 17.1 Å². The number of hydrogen-bond donors (Lipinski definition) is 2. The Morgan fingerprint density at radius 3 is 2.50 bits per heavy atom. The zero-order valence-electron chi connectivity index (χ0n) is 18.4. The van der Waals surface area contributed by atoms with Crippen molar-refractivity contribution in [3.05, 3.63) is 107 Å². The van der Waals surface area contributed by atoms with Gasteiger partial charge in [-0.15, -0.1) is 0 Å². The second-order valence-electron chi connectivity index (χ2n) is 7.46. The number of carbonyl (C=O) groups is 1. The van der Waals surface area contributed by atoms with E-state index in [4.69, 9.17) is 21.1 Å². The quantitative estimate of drug-likeness (QED) is 0.329. The molecule has 1 amide bonds. The Morgan fingerprint density at radius 2 is 1.79 bits per heavy atom. The number of amides is 1. The highest BCUT2D eigenvalue weighted by Gasteiger charge is 2.26. The molecular weight excluding hydrogens is 452 g/mol. The largest absolute Gasteiger partial charge is 0.505 e. The number of carbonyl (C=O) groups excluding carboxylic acids is 1. The summed E-state index contributed by atoms with van der Waals surface area (Å²) in [6.07, 6.45) is 3.36. The van der Waals surface area contributed by atoms with Crippen LogP contribution in [0.4, 0.5) is 0 Å². The third-order valence-corrected chi connectivity index (χ3v) is 5.52. The van der Waals surface area contributed by atoms with E-state index in [1.807, 2.05) is 48.5 Å². The van der Waals surface area contributed by atoms with Crippen LogP contribution < -0.4 is 10.1 Å². The van der Waals surface area contributed by atoms with Crippen molar-refractivity contribution >= 4 is 34.5 Å². The number of nitrogens with one attached hydrogen (secondary N) is 1. The third kappa shape index (κ3) is 5.30. The molecule has 0 bridgehead atoms. The molecule has 0 fully saturated rings. The van der Waals surface area contributed by atoms with Gasteiger partial charge < -0.3 is 19.9 Å². The van der Waals surface area contributed by atoms with Gasteiger partial charge in [0.1, 0.15) is 28.8 Å². The Balaban J connectivity index is 1.72. The molecule has 4 rings (SSSR count). The molecule has 1 heterocycles. The number of methoxy groups -OCH3 is 1. The van der Waals surface area contributed by atoms with Gasteiger partial charge in [-0.05, 0) is 42.0 Å². The van der Waals surface area contributed by atoms with Gasteiger partial charge in [-0.1, -0.05) is 60.1 Å². The number of phenols is 1. The van der Waals surface area contributed by atoms with E-state index in [0.29, 0.717) is 33.0 Å². The molecular formula is C27H23ClN2O4. The van der Waals surface area contributed by atoms with Crippen LogP contribution in [0.25, 0.3) is 17.0 Å². The number of aromatic hydroxyl groups is 1. The normalized spacial score (nSPS) is 12.2. The summed E-state index contributed by atoms with van der Waals surface area (Å²) in [6.45, 7) is -0.219. The van der Waals surface area contributed by atoms with Crippen molar-refractivity contribution in [3.63, 3.8) is 0 Å². The van der Waals surface area contributed by atoms with E-state index in [0.717, 1.165) is 5.56 Å². The standard InChI is InChI=1S/C27H23ClN2O4/c1-33-23(15-18-9-4-2-5-10-18)25(30-24(31)17-34-19-11-6-3-7-12-19)21-16-22(28)20-13-8-14-29-26(20)27(21)32/h2-16,25,32H,17H2,1H3,(H,30,31)/b23-15-. The van der Waals surface area contributed by atoms with Crippen LogP contribution in [0.1, 0.15) is 17.2 Å². The molecule has 0 saturated carbocycles. The molecule has 0 radical (unpaired) electrons. The smallest absolute Gasteiger partial charge is 0.258 e. The van der Waals surface area contributed by atoms with E-state index in [1.54, 1.807) is 42.6 Å². The molecule has 0 aliphatic carbocycles. The summed E-state index contributed by atoms with van der Waals surface area (Å²) in [5, 5.41) is 15.0. The topological polar surface area (TPSA) is 80.7 Å². The average Bonchev–Trinajstić information content (AvgIpc) is 2.88. The van der Waals surface area contributed by atoms with E-state index in [9.17, 15) is 9.90 Å². The van der Waals surface area contributed by atoms with Gasteiger partial charge in [0.05, 0.1) is 12.1 Å². The first-order valence-electron chi connectivity index (χ1n) is 10.6. The van der Waals surface area contributed by atoms with Gasteiger partial charge in [-0.3, -0.25) is 9.78 Å². The van der Waals surface area contributed by atoms with Crippen LogP contribution in [0.15, 0.2) is 90.8 Å². The highest BCUT2D eigenvalue weighted by atomic mass is 35.5. The van der Waals surface area contributed by atoms with Crippen molar-refractivity contribution < 1.29 is 19.4 Å². The van der Waals surface area contributed by atoms with Crippen LogP contribution in [-0.2, 0) is 9.53 Å². The molecule has 3 aromatic carbocycles. The molecule has 6 nitrogen and oxygen atoms in total. The summed E-state index contributed by atoms with van der Waals surface area (Å²) in [5.74, 6) is 0.481. The Morgan fingerprint density at radius 1 is 1.09 bits per heavy atom. The van der Waals surface area contributed by atoms with Crippen LogP contribution in [0.3, 0.4) is 0 Å². The zero-order chi connectivity index (χ0) is 23.9.